The molecule has 0 saturated carbocycles. The number of ether oxygens (including phenoxy) is 3. The highest BCUT2D eigenvalue weighted by atomic mass is 35.5. The number of benzene rings is 4. The molecular formula is C33H24Cl3N3O8. The van der Waals surface area contributed by atoms with E-state index in [1.165, 1.54) is 42.5 Å². The third-order valence-corrected chi connectivity index (χ3v) is 7.62. The van der Waals surface area contributed by atoms with E-state index in [0.717, 1.165) is 4.90 Å². The Bertz CT molecular complexity index is 1910. The van der Waals surface area contributed by atoms with Crippen molar-refractivity contribution in [3.05, 3.63) is 126 Å². The standard InChI is InChI=1S/C33H24Cl3N3O8/c1-2-45-29-15-20(14-28(36)30(29)47-17-19-4-3-5-24(12-19)39(43)44)13-26-31(40)37-33(42)38(32(26)41)23-8-10-25(11-9-23)46-18-21-6-7-22(34)16-27(21)35/h3-16H,2,17-18H2,1H3,(H,37,40,42)/b26-13+. The Morgan fingerprint density at radius 3 is 2.34 bits per heavy atom. The molecule has 240 valence electrons. The van der Waals surface area contributed by atoms with E-state index in [2.05, 4.69) is 5.32 Å². The van der Waals surface area contributed by atoms with Crippen LogP contribution in [0.5, 0.6) is 17.2 Å². The molecule has 11 nitrogen and oxygen atoms in total. The van der Waals surface area contributed by atoms with E-state index >= 15 is 0 Å². The number of nitro groups is 1. The molecule has 5 rings (SSSR count). The summed E-state index contributed by atoms with van der Waals surface area (Å²) in [6.45, 7) is 2.09. The van der Waals surface area contributed by atoms with Crippen LogP contribution in [-0.4, -0.2) is 29.4 Å². The van der Waals surface area contributed by atoms with Gasteiger partial charge in [0.05, 0.1) is 22.2 Å². The van der Waals surface area contributed by atoms with E-state index in [9.17, 15) is 24.5 Å². The topological polar surface area (TPSA) is 137 Å². The molecule has 0 atom stereocenters. The fraction of sp³-hybridized carbons (Fsp3) is 0.121. The van der Waals surface area contributed by atoms with Gasteiger partial charge in [-0.15, -0.1) is 0 Å². The molecule has 47 heavy (non-hydrogen) atoms. The van der Waals surface area contributed by atoms with E-state index in [1.807, 2.05) is 0 Å². The van der Waals surface area contributed by atoms with Crippen molar-refractivity contribution in [2.75, 3.05) is 11.5 Å². The number of nitrogens with one attached hydrogen (secondary N) is 1. The molecule has 1 fully saturated rings. The molecule has 0 spiro atoms. The molecule has 1 saturated heterocycles. The molecule has 4 amide bonds. The van der Waals surface area contributed by atoms with Crippen LogP contribution in [0.1, 0.15) is 23.6 Å². The molecule has 0 unspecified atom stereocenters. The summed E-state index contributed by atoms with van der Waals surface area (Å²) in [5.74, 6) is -0.928. The average molecular weight is 697 g/mol. The maximum absolute atomic E-state index is 13.5. The minimum Gasteiger partial charge on any atom is -0.490 e. The number of amides is 4. The van der Waals surface area contributed by atoms with Gasteiger partial charge in [-0.25, -0.2) is 9.69 Å². The van der Waals surface area contributed by atoms with E-state index in [4.69, 9.17) is 49.0 Å². The minimum atomic E-state index is -0.920. The van der Waals surface area contributed by atoms with Crippen molar-refractivity contribution in [1.29, 1.82) is 0 Å². The Kier molecular flexibility index (Phi) is 10.3. The number of carbonyl (C=O) groups excluding carboxylic acids is 3. The summed E-state index contributed by atoms with van der Waals surface area (Å²) in [5, 5.41) is 14.3. The van der Waals surface area contributed by atoms with Crippen LogP contribution in [0.4, 0.5) is 16.2 Å². The number of halogens is 3. The first-order valence-corrected chi connectivity index (χ1v) is 15.1. The van der Waals surface area contributed by atoms with Crippen molar-refractivity contribution in [2.45, 2.75) is 20.1 Å². The number of nitro benzene ring substituents is 1. The zero-order chi connectivity index (χ0) is 33.7. The van der Waals surface area contributed by atoms with Crippen LogP contribution in [0.15, 0.2) is 84.4 Å². The Labute approximate surface area is 283 Å². The van der Waals surface area contributed by atoms with Crippen molar-refractivity contribution >= 4 is 70.1 Å². The number of hydrogen-bond acceptors (Lipinski definition) is 8. The normalized spacial score (nSPS) is 13.8. The smallest absolute Gasteiger partial charge is 0.335 e. The molecule has 1 aliphatic heterocycles. The summed E-state index contributed by atoms with van der Waals surface area (Å²) >= 11 is 18.7. The van der Waals surface area contributed by atoms with Crippen LogP contribution in [0, 0.1) is 10.1 Å². The molecular weight excluding hydrogens is 673 g/mol. The van der Waals surface area contributed by atoms with E-state index in [1.54, 1.807) is 49.4 Å². The molecule has 0 aliphatic carbocycles. The highest BCUT2D eigenvalue weighted by Crippen LogP contribution is 2.38. The van der Waals surface area contributed by atoms with Crippen LogP contribution in [0.2, 0.25) is 15.1 Å². The summed E-state index contributed by atoms with van der Waals surface area (Å²) in [6.07, 6.45) is 1.28. The molecule has 0 bridgehead atoms. The Morgan fingerprint density at radius 1 is 0.872 bits per heavy atom. The Morgan fingerprint density at radius 2 is 1.64 bits per heavy atom. The second kappa shape index (κ2) is 14.5. The van der Waals surface area contributed by atoms with Crippen molar-refractivity contribution < 1.29 is 33.5 Å². The average Bonchev–Trinajstić information content (AvgIpc) is 3.03. The SMILES string of the molecule is CCOc1cc(/C=C2\C(=O)NC(=O)N(c3ccc(OCc4ccc(Cl)cc4Cl)cc3)C2=O)cc(Cl)c1OCc1cccc([N+](=O)[O-])c1. The summed E-state index contributed by atoms with van der Waals surface area (Å²) in [6, 6.07) is 19.2. The van der Waals surface area contributed by atoms with E-state index in [0.29, 0.717) is 32.5 Å². The van der Waals surface area contributed by atoms with Crippen LogP contribution < -0.4 is 24.4 Å². The molecule has 0 radical (unpaired) electrons. The van der Waals surface area contributed by atoms with Gasteiger partial charge in [0.15, 0.2) is 11.5 Å². The van der Waals surface area contributed by atoms with Crippen molar-refractivity contribution in [3.63, 3.8) is 0 Å². The molecule has 0 aromatic heterocycles. The molecule has 14 heteroatoms. The monoisotopic (exact) mass is 695 g/mol. The van der Waals surface area contributed by atoms with Gasteiger partial charge in [-0.3, -0.25) is 25.0 Å². The third kappa shape index (κ3) is 7.83. The first-order chi connectivity index (χ1) is 22.5. The second-order valence-electron chi connectivity index (χ2n) is 9.95. The number of barbiturate groups is 1. The summed E-state index contributed by atoms with van der Waals surface area (Å²) in [5.41, 5.74) is 1.35. The predicted molar refractivity (Wildman–Crippen MR) is 176 cm³/mol. The first kappa shape index (κ1) is 33.3. The molecule has 4 aromatic rings. The van der Waals surface area contributed by atoms with Gasteiger partial charge >= 0.3 is 6.03 Å². The lowest BCUT2D eigenvalue weighted by Gasteiger charge is -2.26. The number of non-ortho nitro benzene ring substituents is 1. The number of hydrogen-bond donors (Lipinski definition) is 1. The maximum atomic E-state index is 13.5. The minimum absolute atomic E-state index is 0.0431. The van der Waals surface area contributed by atoms with Gasteiger partial charge in [-0.1, -0.05) is 53.0 Å². The summed E-state index contributed by atoms with van der Waals surface area (Å²) in [7, 11) is 0. The highest BCUT2D eigenvalue weighted by Gasteiger charge is 2.37. The van der Waals surface area contributed by atoms with Crippen LogP contribution in [0.25, 0.3) is 6.08 Å². The largest absolute Gasteiger partial charge is 0.490 e. The van der Waals surface area contributed by atoms with Gasteiger partial charge < -0.3 is 14.2 Å². The fourth-order valence-electron chi connectivity index (χ4n) is 4.54. The second-order valence-corrected chi connectivity index (χ2v) is 11.2. The lowest BCUT2D eigenvalue weighted by Crippen LogP contribution is -2.54. The molecule has 4 aromatic carbocycles. The van der Waals surface area contributed by atoms with Gasteiger partial charge in [0, 0.05) is 27.7 Å². The van der Waals surface area contributed by atoms with Gasteiger partial charge in [0.1, 0.15) is 24.5 Å². The number of imide groups is 2. The van der Waals surface area contributed by atoms with Crippen molar-refractivity contribution in [1.82, 2.24) is 5.32 Å². The Balaban J connectivity index is 1.35. The quantitative estimate of drug-likeness (QED) is 0.0727. The maximum Gasteiger partial charge on any atom is 0.335 e. The number of urea groups is 1. The zero-order valence-electron chi connectivity index (χ0n) is 24.5. The third-order valence-electron chi connectivity index (χ3n) is 6.75. The predicted octanol–water partition coefficient (Wildman–Crippen LogP) is 7.78. The molecule has 1 N–H and O–H groups in total. The summed E-state index contributed by atoms with van der Waals surface area (Å²) in [4.78, 5) is 50.5. The number of carbonyl (C=O) groups is 3. The van der Waals surface area contributed by atoms with Gasteiger partial charge in [-0.05, 0) is 72.7 Å². The van der Waals surface area contributed by atoms with E-state index in [-0.39, 0.29) is 53.3 Å². The van der Waals surface area contributed by atoms with Crippen LogP contribution in [0.3, 0.4) is 0 Å². The first-order valence-electron chi connectivity index (χ1n) is 13.9. The number of anilines is 1. The lowest BCUT2D eigenvalue weighted by molar-refractivity contribution is -0.384. The number of rotatable bonds is 11. The summed E-state index contributed by atoms with van der Waals surface area (Å²) < 4.78 is 17.3. The van der Waals surface area contributed by atoms with Gasteiger partial charge in [0.2, 0.25) is 0 Å². The van der Waals surface area contributed by atoms with E-state index < -0.39 is 22.8 Å². The van der Waals surface area contributed by atoms with Crippen LogP contribution in [-0.2, 0) is 22.8 Å². The molecule has 1 heterocycles. The number of nitrogens with zero attached hydrogens (tertiary/aromatic N) is 2. The lowest BCUT2D eigenvalue weighted by atomic mass is 10.1. The van der Waals surface area contributed by atoms with Gasteiger partial charge in [-0.2, -0.15) is 0 Å². The molecule has 1 aliphatic rings. The Hall–Kier alpha value is -5.10. The van der Waals surface area contributed by atoms with Crippen molar-refractivity contribution in [2.24, 2.45) is 0 Å². The van der Waals surface area contributed by atoms with Gasteiger partial charge in [0.25, 0.3) is 17.5 Å². The fourth-order valence-corrected chi connectivity index (χ4v) is 5.28. The van der Waals surface area contributed by atoms with Crippen LogP contribution >= 0.6 is 34.8 Å². The van der Waals surface area contributed by atoms with Crippen molar-refractivity contribution in [3.8, 4) is 17.2 Å². The highest BCUT2D eigenvalue weighted by molar-refractivity contribution is 6.39. The zero-order valence-corrected chi connectivity index (χ0v) is 26.8.